The smallest absolute Gasteiger partial charge is 0.321 e. The van der Waals surface area contributed by atoms with Crippen LogP contribution in [0, 0.1) is 0 Å². The molecule has 2 aromatic carbocycles. The van der Waals surface area contributed by atoms with Crippen LogP contribution in [0.5, 0.6) is 5.75 Å². The number of carbonyl (C=O) groups is 2. The Morgan fingerprint density at radius 1 is 1.17 bits per heavy atom. The average Bonchev–Trinajstić information content (AvgIpc) is 2.60. The maximum absolute atomic E-state index is 12.0. The fraction of sp³-hybridized carbons (Fsp3) is 0.333. The molecule has 2 aromatic rings. The molecule has 0 saturated carbocycles. The molecule has 2 N–H and O–H groups in total. The Labute approximate surface area is 141 Å². The quantitative estimate of drug-likeness (QED) is 0.881. The summed E-state index contributed by atoms with van der Waals surface area (Å²) < 4.78 is 5.23. The standard InChI is InChI=1S/C18H23N3O3/c1-12(17(22)20-18(23)19-2)21(3)11-13-5-6-15-10-16(24-4)8-7-14(15)9-13/h5-10,12H,11H2,1-4H3,(H2,19,20,22,23)/t12-/m1/s1. The molecule has 0 heterocycles. The van der Waals surface area contributed by atoms with E-state index in [-0.39, 0.29) is 5.91 Å². The second-order valence-corrected chi connectivity index (χ2v) is 5.71. The van der Waals surface area contributed by atoms with Crippen molar-refractivity contribution in [2.24, 2.45) is 0 Å². The summed E-state index contributed by atoms with van der Waals surface area (Å²) >= 11 is 0. The van der Waals surface area contributed by atoms with Crippen LogP contribution < -0.4 is 15.4 Å². The molecule has 0 radical (unpaired) electrons. The van der Waals surface area contributed by atoms with Crippen molar-refractivity contribution in [1.29, 1.82) is 0 Å². The van der Waals surface area contributed by atoms with Gasteiger partial charge in [-0.2, -0.15) is 0 Å². The number of rotatable bonds is 5. The monoisotopic (exact) mass is 329 g/mol. The molecule has 24 heavy (non-hydrogen) atoms. The number of imide groups is 1. The molecule has 3 amide bonds. The molecule has 2 rings (SSSR count). The van der Waals surface area contributed by atoms with E-state index in [9.17, 15) is 9.59 Å². The first-order chi connectivity index (χ1) is 11.4. The Kier molecular flexibility index (Phi) is 5.76. The van der Waals surface area contributed by atoms with Gasteiger partial charge >= 0.3 is 6.03 Å². The van der Waals surface area contributed by atoms with Crippen molar-refractivity contribution in [2.75, 3.05) is 21.2 Å². The number of hydrogen-bond donors (Lipinski definition) is 2. The third-order valence-corrected chi connectivity index (χ3v) is 4.05. The SMILES string of the molecule is CNC(=O)NC(=O)[C@@H](C)N(C)Cc1ccc2cc(OC)ccc2c1. The van der Waals surface area contributed by atoms with Crippen molar-refractivity contribution in [3.63, 3.8) is 0 Å². The molecule has 6 heteroatoms. The van der Waals surface area contributed by atoms with Crippen LogP contribution in [0.1, 0.15) is 12.5 Å². The summed E-state index contributed by atoms with van der Waals surface area (Å²) in [6, 6.07) is 11.2. The van der Waals surface area contributed by atoms with Crippen molar-refractivity contribution in [1.82, 2.24) is 15.5 Å². The lowest BCUT2D eigenvalue weighted by molar-refractivity contribution is -0.124. The summed E-state index contributed by atoms with van der Waals surface area (Å²) in [7, 11) is 4.98. The van der Waals surface area contributed by atoms with Gasteiger partial charge in [-0.1, -0.05) is 18.2 Å². The molecule has 128 valence electrons. The van der Waals surface area contributed by atoms with Gasteiger partial charge in [-0.3, -0.25) is 15.0 Å². The molecule has 0 aliphatic rings. The van der Waals surface area contributed by atoms with Crippen molar-refractivity contribution in [3.8, 4) is 5.75 Å². The first-order valence-electron chi connectivity index (χ1n) is 7.74. The largest absolute Gasteiger partial charge is 0.497 e. The van der Waals surface area contributed by atoms with E-state index in [1.807, 2.05) is 42.3 Å². The van der Waals surface area contributed by atoms with Crippen molar-refractivity contribution in [3.05, 3.63) is 42.0 Å². The van der Waals surface area contributed by atoms with E-state index < -0.39 is 12.1 Å². The zero-order valence-electron chi connectivity index (χ0n) is 14.4. The molecule has 6 nitrogen and oxygen atoms in total. The minimum atomic E-state index is -0.500. The third-order valence-electron chi connectivity index (χ3n) is 4.05. The average molecular weight is 329 g/mol. The first-order valence-corrected chi connectivity index (χ1v) is 7.74. The second kappa shape index (κ2) is 7.79. The summed E-state index contributed by atoms with van der Waals surface area (Å²) in [5.74, 6) is 0.495. The number of amides is 3. The highest BCUT2D eigenvalue weighted by Crippen LogP contribution is 2.22. The molecular formula is C18H23N3O3. The molecule has 0 fully saturated rings. The lowest BCUT2D eigenvalue weighted by Crippen LogP contribution is -2.47. The van der Waals surface area contributed by atoms with Gasteiger partial charge in [0.15, 0.2) is 0 Å². The van der Waals surface area contributed by atoms with Crippen LogP contribution in [-0.2, 0) is 11.3 Å². The van der Waals surface area contributed by atoms with Gasteiger partial charge in [0, 0.05) is 13.6 Å². The summed E-state index contributed by atoms with van der Waals surface area (Å²) in [5, 5.41) is 6.88. The van der Waals surface area contributed by atoms with Gasteiger partial charge in [-0.05, 0) is 48.5 Å². The van der Waals surface area contributed by atoms with E-state index in [2.05, 4.69) is 16.7 Å². The zero-order valence-corrected chi connectivity index (χ0v) is 14.4. The Hall–Kier alpha value is -2.60. The number of nitrogens with zero attached hydrogens (tertiary/aromatic N) is 1. The summed E-state index contributed by atoms with van der Waals surface area (Å²) in [4.78, 5) is 25.1. The number of ether oxygens (including phenoxy) is 1. The Bertz CT molecular complexity index is 745. The van der Waals surface area contributed by atoms with Crippen LogP contribution in [0.2, 0.25) is 0 Å². The number of urea groups is 1. The van der Waals surface area contributed by atoms with E-state index in [0.29, 0.717) is 6.54 Å². The molecule has 0 saturated heterocycles. The summed E-state index contributed by atoms with van der Waals surface area (Å²) in [5.41, 5.74) is 1.09. The van der Waals surface area contributed by atoms with Gasteiger partial charge in [0.05, 0.1) is 13.2 Å². The van der Waals surface area contributed by atoms with Gasteiger partial charge in [0.1, 0.15) is 5.75 Å². The normalized spacial score (nSPS) is 12.0. The summed E-state index contributed by atoms with van der Waals surface area (Å²) in [6.45, 7) is 2.37. The highest BCUT2D eigenvalue weighted by atomic mass is 16.5. The minimum absolute atomic E-state index is 0.331. The van der Waals surface area contributed by atoms with Crippen LogP contribution in [0.15, 0.2) is 36.4 Å². The number of methoxy groups -OCH3 is 1. The van der Waals surface area contributed by atoms with E-state index >= 15 is 0 Å². The van der Waals surface area contributed by atoms with Crippen molar-refractivity contribution >= 4 is 22.7 Å². The molecule has 0 unspecified atom stereocenters. The van der Waals surface area contributed by atoms with E-state index in [1.54, 1.807) is 14.0 Å². The zero-order chi connectivity index (χ0) is 17.7. The van der Waals surface area contributed by atoms with Crippen LogP contribution in [0.25, 0.3) is 10.8 Å². The first kappa shape index (κ1) is 17.7. The number of benzene rings is 2. The Morgan fingerprint density at radius 2 is 1.83 bits per heavy atom. The Morgan fingerprint density at radius 3 is 2.50 bits per heavy atom. The highest BCUT2D eigenvalue weighted by molar-refractivity contribution is 5.96. The van der Waals surface area contributed by atoms with Gasteiger partial charge in [0.25, 0.3) is 0 Å². The van der Waals surface area contributed by atoms with Crippen molar-refractivity contribution < 1.29 is 14.3 Å². The number of hydrogen-bond acceptors (Lipinski definition) is 4. The van der Waals surface area contributed by atoms with Crippen LogP contribution in [-0.4, -0.2) is 44.1 Å². The lowest BCUT2D eigenvalue weighted by Gasteiger charge is -2.23. The maximum Gasteiger partial charge on any atom is 0.321 e. The van der Waals surface area contributed by atoms with Crippen LogP contribution in [0.3, 0.4) is 0 Å². The fourth-order valence-corrected chi connectivity index (χ4v) is 2.40. The minimum Gasteiger partial charge on any atom is -0.497 e. The number of nitrogens with one attached hydrogen (secondary N) is 2. The second-order valence-electron chi connectivity index (χ2n) is 5.71. The predicted octanol–water partition coefficient (Wildman–Crippen LogP) is 2.12. The molecule has 1 atom stereocenters. The number of carbonyl (C=O) groups excluding carboxylic acids is 2. The van der Waals surface area contributed by atoms with Gasteiger partial charge in [-0.25, -0.2) is 4.79 Å². The van der Waals surface area contributed by atoms with E-state index in [0.717, 1.165) is 22.1 Å². The van der Waals surface area contributed by atoms with Crippen LogP contribution in [0.4, 0.5) is 4.79 Å². The predicted molar refractivity (Wildman–Crippen MR) is 94.0 cm³/mol. The molecule has 0 aliphatic heterocycles. The Balaban J connectivity index is 2.08. The van der Waals surface area contributed by atoms with E-state index in [4.69, 9.17) is 4.74 Å². The van der Waals surface area contributed by atoms with E-state index in [1.165, 1.54) is 7.05 Å². The molecule has 0 aliphatic carbocycles. The van der Waals surface area contributed by atoms with Gasteiger partial charge in [-0.15, -0.1) is 0 Å². The van der Waals surface area contributed by atoms with Gasteiger partial charge < -0.3 is 10.1 Å². The van der Waals surface area contributed by atoms with Gasteiger partial charge in [0.2, 0.25) is 5.91 Å². The topological polar surface area (TPSA) is 70.7 Å². The molecule has 0 spiro atoms. The highest BCUT2D eigenvalue weighted by Gasteiger charge is 2.19. The number of fused-ring (bicyclic) bond motifs is 1. The fourth-order valence-electron chi connectivity index (χ4n) is 2.40. The van der Waals surface area contributed by atoms with Crippen molar-refractivity contribution in [2.45, 2.75) is 19.5 Å². The van der Waals surface area contributed by atoms with Crippen LogP contribution >= 0.6 is 0 Å². The molecule has 0 bridgehead atoms. The third kappa shape index (κ3) is 4.23. The maximum atomic E-state index is 12.0. The summed E-state index contributed by atoms with van der Waals surface area (Å²) in [6.07, 6.45) is 0. The molecular weight excluding hydrogens is 306 g/mol. The lowest BCUT2D eigenvalue weighted by atomic mass is 10.1. The number of likely N-dealkylation sites (N-methyl/N-ethyl adjacent to an activating group) is 1. The molecule has 0 aromatic heterocycles.